The van der Waals surface area contributed by atoms with Crippen molar-refractivity contribution in [3.63, 3.8) is 0 Å². The predicted octanol–water partition coefficient (Wildman–Crippen LogP) is 3.75. The molecule has 3 rings (SSSR count). The van der Waals surface area contributed by atoms with Gasteiger partial charge in [0.15, 0.2) is 0 Å². The molecule has 0 fully saturated rings. The van der Waals surface area contributed by atoms with Crippen molar-refractivity contribution in [2.45, 2.75) is 4.90 Å². The van der Waals surface area contributed by atoms with Crippen LogP contribution in [0.25, 0.3) is 0 Å². The highest BCUT2D eigenvalue weighted by Gasteiger charge is 2.18. The molecule has 0 heterocycles. The number of nitrogens with one attached hydrogen (secondary N) is 2. The summed E-state index contributed by atoms with van der Waals surface area (Å²) in [5.74, 6) is 0.144. The van der Waals surface area contributed by atoms with E-state index in [-0.39, 0.29) is 16.1 Å². The zero-order valence-corrected chi connectivity index (χ0v) is 15.4. The maximum absolute atomic E-state index is 12.7. The van der Waals surface area contributed by atoms with Crippen LogP contribution in [0, 0.1) is 0 Å². The average molecular weight is 382 g/mol. The summed E-state index contributed by atoms with van der Waals surface area (Å²) in [6.07, 6.45) is 0. The summed E-state index contributed by atoms with van der Waals surface area (Å²) in [5.41, 5.74) is 1.04. The van der Waals surface area contributed by atoms with E-state index in [9.17, 15) is 13.2 Å². The lowest BCUT2D eigenvalue weighted by atomic mass is 10.1. The zero-order valence-electron chi connectivity index (χ0n) is 14.5. The lowest BCUT2D eigenvalue weighted by Gasteiger charge is -2.13. The summed E-state index contributed by atoms with van der Waals surface area (Å²) in [6.45, 7) is 0. The van der Waals surface area contributed by atoms with E-state index >= 15 is 0 Å². The standard InChI is InChI=1S/C20H18N2O4S/c1-26-16-11-13-17(14-12-16)27(24,25)22-19-10-6-5-9-18(19)20(23)21-15-7-3-2-4-8-15/h2-14,22H,1H3,(H,21,23). The summed E-state index contributed by atoms with van der Waals surface area (Å²) in [7, 11) is -2.35. The van der Waals surface area contributed by atoms with E-state index in [0.717, 1.165) is 0 Å². The molecule has 0 atom stereocenters. The van der Waals surface area contributed by atoms with Gasteiger partial charge in [-0.2, -0.15) is 0 Å². The minimum Gasteiger partial charge on any atom is -0.497 e. The fraction of sp³-hybridized carbons (Fsp3) is 0.0500. The number of carbonyl (C=O) groups excluding carboxylic acids is 1. The van der Waals surface area contributed by atoms with Crippen molar-refractivity contribution >= 4 is 27.3 Å². The number of benzene rings is 3. The minimum absolute atomic E-state index is 0.0709. The van der Waals surface area contributed by atoms with Gasteiger partial charge in [0.25, 0.3) is 15.9 Å². The number of ether oxygens (including phenoxy) is 1. The van der Waals surface area contributed by atoms with Gasteiger partial charge in [0.2, 0.25) is 0 Å². The molecule has 138 valence electrons. The first-order valence-corrected chi connectivity index (χ1v) is 9.60. The van der Waals surface area contributed by atoms with Crippen molar-refractivity contribution in [1.82, 2.24) is 0 Å². The van der Waals surface area contributed by atoms with Crippen molar-refractivity contribution < 1.29 is 17.9 Å². The third kappa shape index (κ3) is 4.45. The van der Waals surface area contributed by atoms with Gasteiger partial charge in [-0.05, 0) is 48.5 Å². The molecule has 0 aromatic heterocycles. The van der Waals surface area contributed by atoms with E-state index < -0.39 is 15.9 Å². The van der Waals surface area contributed by atoms with Crippen molar-refractivity contribution in [3.8, 4) is 5.75 Å². The van der Waals surface area contributed by atoms with Crippen molar-refractivity contribution in [2.24, 2.45) is 0 Å². The Balaban J connectivity index is 1.85. The number of para-hydroxylation sites is 2. The topological polar surface area (TPSA) is 84.5 Å². The SMILES string of the molecule is COc1ccc(S(=O)(=O)Nc2ccccc2C(=O)Nc2ccccc2)cc1. The highest BCUT2D eigenvalue weighted by molar-refractivity contribution is 7.92. The molecular weight excluding hydrogens is 364 g/mol. The van der Waals surface area contributed by atoms with Gasteiger partial charge in [-0.1, -0.05) is 30.3 Å². The smallest absolute Gasteiger partial charge is 0.261 e. The van der Waals surface area contributed by atoms with E-state index in [1.165, 1.54) is 19.2 Å². The van der Waals surface area contributed by atoms with Crippen LogP contribution in [0.3, 0.4) is 0 Å². The molecule has 27 heavy (non-hydrogen) atoms. The molecule has 1 amide bonds. The molecule has 0 spiro atoms. The third-order valence-electron chi connectivity index (χ3n) is 3.82. The van der Waals surface area contributed by atoms with Crippen LogP contribution in [0.4, 0.5) is 11.4 Å². The normalized spacial score (nSPS) is 10.9. The van der Waals surface area contributed by atoms with Crippen LogP contribution in [-0.2, 0) is 10.0 Å². The van der Waals surface area contributed by atoms with Crippen molar-refractivity contribution in [1.29, 1.82) is 0 Å². The summed E-state index contributed by atoms with van der Waals surface area (Å²) in [5, 5.41) is 2.75. The van der Waals surface area contributed by atoms with Gasteiger partial charge in [0.05, 0.1) is 23.3 Å². The van der Waals surface area contributed by atoms with Gasteiger partial charge in [-0.15, -0.1) is 0 Å². The van der Waals surface area contributed by atoms with Crippen LogP contribution in [0.15, 0.2) is 83.8 Å². The molecule has 2 N–H and O–H groups in total. The Kier molecular flexibility index (Phi) is 5.42. The predicted molar refractivity (Wildman–Crippen MR) is 105 cm³/mol. The summed E-state index contributed by atoms with van der Waals surface area (Å²) in [4.78, 5) is 12.6. The van der Waals surface area contributed by atoms with E-state index in [0.29, 0.717) is 11.4 Å². The van der Waals surface area contributed by atoms with Crippen LogP contribution in [0.5, 0.6) is 5.75 Å². The average Bonchev–Trinajstić information content (AvgIpc) is 2.69. The molecule has 0 radical (unpaired) electrons. The first-order chi connectivity index (χ1) is 13.0. The van der Waals surface area contributed by atoms with Crippen LogP contribution >= 0.6 is 0 Å². The highest BCUT2D eigenvalue weighted by atomic mass is 32.2. The van der Waals surface area contributed by atoms with E-state index in [1.807, 2.05) is 6.07 Å². The highest BCUT2D eigenvalue weighted by Crippen LogP contribution is 2.22. The molecule has 0 aliphatic carbocycles. The monoisotopic (exact) mass is 382 g/mol. The van der Waals surface area contributed by atoms with E-state index in [2.05, 4.69) is 10.0 Å². The second kappa shape index (κ2) is 7.92. The Morgan fingerprint density at radius 1 is 0.852 bits per heavy atom. The summed E-state index contributed by atoms with van der Waals surface area (Å²) < 4.78 is 32.8. The summed E-state index contributed by atoms with van der Waals surface area (Å²) in [6, 6.07) is 21.4. The number of carbonyl (C=O) groups is 1. The third-order valence-corrected chi connectivity index (χ3v) is 5.20. The fourth-order valence-electron chi connectivity index (χ4n) is 2.45. The number of hydrogen-bond acceptors (Lipinski definition) is 4. The number of hydrogen-bond donors (Lipinski definition) is 2. The van der Waals surface area contributed by atoms with E-state index in [4.69, 9.17) is 4.74 Å². The maximum atomic E-state index is 12.7. The summed E-state index contributed by atoms with van der Waals surface area (Å²) >= 11 is 0. The van der Waals surface area contributed by atoms with Crippen molar-refractivity contribution in [3.05, 3.63) is 84.4 Å². The molecule has 0 saturated heterocycles. The number of sulfonamides is 1. The molecule has 0 unspecified atom stereocenters. The molecule has 6 nitrogen and oxygen atoms in total. The molecule has 3 aromatic carbocycles. The van der Waals surface area contributed by atoms with Gasteiger partial charge >= 0.3 is 0 Å². The van der Waals surface area contributed by atoms with Gasteiger partial charge < -0.3 is 10.1 Å². The molecule has 7 heteroatoms. The molecule has 0 aliphatic rings. The minimum atomic E-state index is -3.85. The zero-order chi connectivity index (χ0) is 19.3. The van der Waals surface area contributed by atoms with Crippen LogP contribution in [0.1, 0.15) is 10.4 Å². The van der Waals surface area contributed by atoms with Gasteiger partial charge in [-0.3, -0.25) is 9.52 Å². The largest absolute Gasteiger partial charge is 0.497 e. The van der Waals surface area contributed by atoms with Crippen molar-refractivity contribution in [2.75, 3.05) is 17.1 Å². The fourth-order valence-corrected chi connectivity index (χ4v) is 3.53. The second-order valence-corrected chi connectivity index (χ2v) is 7.33. The lowest BCUT2D eigenvalue weighted by molar-refractivity contribution is 0.102. The quantitative estimate of drug-likeness (QED) is 0.680. The van der Waals surface area contributed by atoms with Crippen LogP contribution in [0.2, 0.25) is 0 Å². The Labute approximate surface area is 157 Å². The second-order valence-electron chi connectivity index (χ2n) is 5.65. The van der Waals surface area contributed by atoms with Crippen LogP contribution < -0.4 is 14.8 Å². The Morgan fingerprint density at radius 3 is 2.15 bits per heavy atom. The molecule has 0 aliphatic heterocycles. The Morgan fingerprint density at radius 2 is 1.48 bits per heavy atom. The molecular formula is C20H18N2O4S. The number of methoxy groups -OCH3 is 1. The Bertz CT molecular complexity index is 1030. The maximum Gasteiger partial charge on any atom is 0.261 e. The number of amides is 1. The van der Waals surface area contributed by atoms with Crippen LogP contribution in [-0.4, -0.2) is 21.4 Å². The van der Waals surface area contributed by atoms with E-state index in [1.54, 1.807) is 60.7 Å². The van der Waals surface area contributed by atoms with Gasteiger partial charge in [-0.25, -0.2) is 8.42 Å². The first-order valence-electron chi connectivity index (χ1n) is 8.12. The Hall–Kier alpha value is -3.32. The van der Waals surface area contributed by atoms with Gasteiger partial charge in [0, 0.05) is 5.69 Å². The van der Waals surface area contributed by atoms with Gasteiger partial charge in [0.1, 0.15) is 5.75 Å². The molecule has 3 aromatic rings. The molecule has 0 saturated carbocycles. The molecule has 0 bridgehead atoms. The number of rotatable bonds is 6. The first kappa shape index (κ1) is 18.5. The number of anilines is 2. The lowest BCUT2D eigenvalue weighted by Crippen LogP contribution is -2.18.